The topological polar surface area (TPSA) is 80.9 Å². The molecule has 4 aromatic rings. The van der Waals surface area contributed by atoms with Gasteiger partial charge in [0.1, 0.15) is 11.5 Å². The fourth-order valence-electron chi connectivity index (χ4n) is 4.49. The molecule has 3 aromatic carbocycles. The Balaban J connectivity index is 1.29. The number of benzene rings is 3. The fourth-order valence-corrected chi connectivity index (χ4v) is 4.87. The van der Waals surface area contributed by atoms with E-state index in [0.29, 0.717) is 23.5 Å². The van der Waals surface area contributed by atoms with Gasteiger partial charge in [0.15, 0.2) is 0 Å². The molecule has 5 rings (SSSR count). The maximum atomic E-state index is 13.1. The molecule has 37 heavy (non-hydrogen) atoms. The SMILES string of the molecule is O=C(/C=C\c1ccco1)Oc1ccc(Br)cc1C=NNC(=O)[C@H]1CC1(c1ccccc1)c1ccccc1. The Kier molecular flexibility index (Phi) is 7.14. The zero-order chi connectivity index (χ0) is 25.7. The first kappa shape index (κ1) is 24.5. The molecule has 0 radical (unpaired) electrons. The van der Waals surface area contributed by atoms with Crippen molar-refractivity contribution in [2.24, 2.45) is 11.0 Å². The average molecular weight is 555 g/mol. The molecule has 7 heteroatoms. The van der Waals surface area contributed by atoms with Crippen molar-refractivity contribution >= 4 is 40.1 Å². The lowest BCUT2D eigenvalue weighted by atomic mass is 9.85. The van der Waals surface area contributed by atoms with Crippen molar-refractivity contribution in [3.8, 4) is 5.75 Å². The molecule has 0 spiro atoms. The summed E-state index contributed by atoms with van der Waals surface area (Å²) < 4.78 is 11.4. The van der Waals surface area contributed by atoms with Crippen molar-refractivity contribution in [2.45, 2.75) is 11.8 Å². The van der Waals surface area contributed by atoms with Gasteiger partial charge in [-0.2, -0.15) is 5.10 Å². The largest absolute Gasteiger partial charge is 0.465 e. The minimum Gasteiger partial charge on any atom is -0.465 e. The summed E-state index contributed by atoms with van der Waals surface area (Å²) in [6.45, 7) is 0. The predicted octanol–water partition coefficient (Wildman–Crippen LogP) is 6.12. The van der Waals surface area contributed by atoms with Gasteiger partial charge in [0.05, 0.1) is 18.4 Å². The molecule has 1 aromatic heterocycles. The minimum absolute atomic E-state index is 0.168. The van der Waals surface area contributed by atoms with Crippen molar-refractivity contribution in [1.29, 1.82) is 0 Å². The molecule has 1 aliphatic carbocycles. The van der Waals surface area contributed by atoms with Crippen LogP contribution in [0.5, 0.6) is 5.75 Å². The van der Waals surface area contributed by atoms with E-state index in [1.165, 1.54) is 24.6 Å². The van der Waals surface area contributed by atoms with E-state index in [1.807, 2.05) is 36.4 Å². The molecule has 6 nitrogen and oxygen atoms in total. The van der Waals surface area contributed by atoms with E-state index < -0.39 is 5.97 Å². The number of carbonyl (C=O) groups excluding carboxylic acids is 2. The van der Waals surface area contributed by atoms with Crippen molar-refractivity contribution in [1.82, 2.24) is 5.43 Å². The van der Waals surface area contributed by atoms with Crippen LogP contribution in [0.25, 0.3) is 6.08 Å². The summed E-state index contributed by atoms with van der Waals surface area (Å²) in [5.41, 5.74) is 5.04. The number of hydrogen-bond acceptors (Lipinski definition) is 5. The molecule has 0 saturated heterocycles. The summed E-state index contributed by atoms with van der Waals surface area (Å²) in [5.74, 6) is -0.130. The number of furan rings is 1. The summed E-state index contributed by atoms with van der Waals surface area (Å²) >= 11 is 3.42. The van der Waals surface area contributed by atoms with Crippen LogP contribution in [0.2, 0.25) is 0 Å². The van der Waals surface area contributed by atoms with E-state index in [1.54, 1.807) is 30.3 Å². The maximum absolute atomic E-state index is 13.1. The maximum Gasteiger partial charge on any atom is 0.336 e. The summed E-state index contributed by atoms with van der Waals surface area (Å²) in [7, 11) is 0. The molecule has 1 N–H and O–H groups in total. The van der Waals surface area contributed by atoms with Gasteiger partial charge in [-0.3, -0.25) is 4.79 Å². The molecule has 1 aliphatic rings. The number of nitrogens with one attached hydrogen (secondary N) is 1. The van der Waals surface area contributed by atoms with Crippen LogP contribution in [0.4, 0.5) is 0 Å². The van der Waals surface area contributed by atoms with Crippen LogP contribution in [0.1, 0.15) is 28.9 Å². The molecular weight excluding hydrogens is 532 g/mol. The second-order valence-corrected chi connectivity index (χ2v) is 9.56. The van der Waals surface area contributed by atoms with Crippen LogP contribution in [0, 0.1) is 5.92 Å². The number of carbonyl (C=O) groups is 2. The average Bonchev–Trinajstić information content (AvgIpc) is 3.48. The van der Waals surface area contributed by atoms with Crippen molar-refractivity contribution in [3.63, 3.8) is 0 Å². The molecular formula is C30H23BrN2O4. The molecule has 1 atom stereocenters. The summed E-state index contributed by atoms with van der Waals surface area (Å²) in [5, 5.41) is 4.18. The first-order valence-corrected chi connectivity index (χ1v) is 12.5. The second-order valence-electron chi connectivity index (χ2n) is 8.65. The van der Waals surface area contributed by atoms with Gasteiger partial charge in [-0.1, -0.05) is 76.6 Å². The van der Waals surface area contributed by atoms with Crippen LogP contribution < -0.4 is 10.2 Å². The highest BCUT2D eigenvalue weighted by Gasteiger charge is 2.60. The number of halogens is 1. The van der Waals surface area contributed by atoms with Gasteiger partial charge < -0.3 is 9.15 Å². The first-order chi connectivity index (χ1) is 18.1. The van der Waals surface area contributed by atoms with Crippen LogP contribution in [-0.4, -0.2) is 18.1 Å². The van der Waals surface area contributed by atoms with Gasteiger partial charge in [0.25, 0.3) is 0 Å². The number of nitrogens with zero attached hydrogens (tertiary/aromatic N) is 1. The third-order valence-electron chi connectivity index (χ3n) is 6.34. The van der Waals surface area contributed by atoms with Crippen LogP contribution in [0.15, 0.2) is 117 Å². The predicted molar refractivity (Wildman–Crippen MR) is 145 cm³/mol. The molecule has 0 bridgehead atoms. The third kappa shape index (κ3) is 5.47. The lowest BCUT2D eigenvalue weighted by Gasteiger charge is -2.18. The summed E-state index contributed by atoms with van der Waals surface area (Å²) in [4.78, 5) is 25.4. The Bertz CT molecular complexity index is 1410. The number of amides is 1. The molecule has 0 aliphatic heterocycles. The molecule has 184 valence electrons. The minimum atomic E-state index is -0.564. The van der Waals surface area contributed by atoms with Gasteiger partial charge in [-0.15, -0.1) is 0 Å². The zero-order valence-electron chi connectivity index (χ0n) is 19.7. The van der Waals surface area contributed by atoms with Crippen molar-refractivity contribution < 1.29 is 18.7 Å². The van der Waals surface area contributed by atoms with Crippen LogP contribution in [0.3, 0.4) is 0 Å². The van der Waals surface area contributed by atoms with Crippen LogP contribution >= 0.6 is 15.9 Å². The van der Waals surface area contributed by atoms with Crippen molar-refractivity contribution in [2.75, 3.05) is 0 Å². The lowest BCUT2D eigenvalue weighted by molar-refractivity contribution is -0.129. The number of hydrogen-bond donors (Lipinski definition) is 1. The number of hydrazone groups is 1. The van der Waals surface area contributed by atoms with Gasteiger partial charge in [0, 0.05) is 21.5 Å². The Morgan fingerprint density at radius 1 is 0.973 bits per heavy atom. The Labute approximate surface area is 222 Å². The zero-order valence-corrected chi connectivity index (χ0v) is 21.3. The van der Waals surface area contributed by atoms with Gasteiger partial charge in [-0.05, 0) is 54.0 Å². The molecule has 1 fully saturated rings. The van der Waals surface area contributed by atoms with Gasteiger partial charge >= 0.3 is 5.97 Å². The van der Waals surface area contributed by atoms with Gasteiger partial charge in [-0.25, -0.2) is 10.2 Å². The van der Waals surface area contributed by atoms with E-state index in [9.17, 15) is 9.59 Å². The highest BCUT2D eigenvalue weighted by atomic mass is 79.9. The highest BCUT2D eigenvalue weighted by Crippen LogP contribution is 2.58. The quantitative estimate of drug-likeness (QED) is 0.0935. The van der Waals surface area contributed by atoms with E-state index in [-0.39, 0.29) is 17.2 Å². The lowest BCUT2D eigenvalue weighted by Crippen LogP contribution is -2.25. The number of ether oxygens (including phenoxy) is 1. The molecule has 1 amide bonds. The molecule has 0 unspecified atom stereocenters. The van der Waals surface area contributed by atoms with Crippen molar-refractivity contribution in [3.05, 3.63) is 130 Å². The van der Waals surface area contributed by atoms with E-state index in [4.69, 9.17) is 9.15 Å². The monoisotopic (exact) mass is 554 g/mol. The summed E-state index contributed by atoms with van der Waals surface area (Å²) in [6, 6.07) is 28.8. The fraction of sp³-hybridized carbons (Fsp3) is 0.100. The number of esters is 1. The second kappa shape index (κ2) is 10.8. The standard InChI is InChI=1S/C30H23BrN2O4/c31-24-13-15-27(37-28(34)16-14-25-12-7-17-36-25)21(18-24)20-32-33-29(35)26-19-30(26,22-8-3-1-4-9-22)23-10-5-2-6-11-23/h1-18,20,26H,19H2,(H,33,35)/b16-14-,32-20?/t26-/m1/s1. The van der Waals surface area contributed by atoms with E-state index in [2.05, 4.69) is 50.7 Å². The Morgan fingerprint density at radius 2 is 1.68 bits per heavy atom. The number of rotatable bonds is 8. The van der Waals surface area contributed by atoms with Crippen LogP contribution in [-0.2, 0) is 15.0 Å². The molecule has 1 heterocycles. The normalized spacial score (nSPS) is 16.1. The smallest absolute Gasteiger partial charge is 0.336 e. The Hall–Kier alpha value is -4.23. The first-order valence-electron chi connectivity index (χ1n) is 11.7. The van der Waals surface area contributed by atoms with E-state index >= 15 is 0 Å². The third-order valence-corrected chi connectivity index (χ3v) is 6.84. The molecule has 1 saturated carbocycles. The summed E-state index contributed by atoms with van der Waals surface area (Å²) in [6.07, 6.45) is 6.49. The highest BCUT2D eigenvalue weighted by molar-refractivity contribution is 9.10. The van der Waals surface area contributed by atoms with E-state index in [0.717, 1.165) is 15.6 Å². The Morgan fingerprint density at radius 3 is 2.32 bits per heavy atom. The van der Waals surface area contributed by atoms with Gasteiger partial charge in [0.2, 0.25) is 5.91 Å².